The van der Waals surface area contributed by atoms with Crippen molar-refractivity contribution in [2.75, 3.05) is 35.3 Å². The molecule has 1 saturated heterocycles. The number of rotatable bonds is 4. The summed E-state index contributed by atoms with van der Waals surface area (Å²) in [5.41, 5.74) is 1.70. The molecular formula is C23H33N7O2. The van der Waals surface area contributed by atoms with Crippen molar-refractivity contribution in [2.24, 2.45) is 0 Å². The first-order valence-electron chi connectivity index (χ1n) is 11.3. The van der Waals surface area contributed by atoms with Gasteiger partial charge in [0, 0.05) is 37.3 Å². The third-order valence-electron chi connectivity index (χ3n) is 5.70. The van der Waals surface area contributed by atoms with Gasteiger partial charge in [-0.05, 0) is 53.5 Å². The van der Waals surface area contributed by atoms with E-state index in [1.54, 1.807) is 11.1 Å². The van der Waals surface area contributed by atoms with Crippen molar-refractivity contribution in [3.8, 4) is 0 Å². The number of anilines is 4. The molecule has 2 aliphatic heterocycles. The molecule has 0 bridgehead atoms. The van der Waals surface area contributed by atoms with Crippen LogP contribution in [0.4, 0.5) is 27.8 Å². The number of carbonyl (C=O) groups is 1. The second kappa shape index (κ2) is 8.80. The predicted molar refractivity (Wildman–Crippen MR) is 125 cm³/mol. The standard InChI is InChI=1S/C23H33N7O2/c1-15(2)30-14-26-17-13-25-20(12-18(17)30)27-19-6-9-24-21(28-19)16-7-10-29(11-8-16)22(31)32-23(3,4)5/h6,9,12-13,15-16,26H,7-8,10-11,14H2,1-5H3,(H,24,25,27,28). The number of fused-ring (bicyclic) bond motifs is 1. The van der Waals surface area contributed by atoms with Gasteiger partial charge in [0.25, 0.3) is 0 Å². The summed E-state index contributed by atoms with van der Waals surface area (Å²) < 4.78 is 5.49. The number of hydrogen-bond acceptors (Lipinski definition) is 8. The quantitative estimate of drug-likeness (QED) is 0.727. The Morgan fingerprint density at radius 1 is 1.22 bits per heavy atom. The lowest BCUT2D eigenvalue weighted by Crippen LogP contribution is -2.41. The highest BCUT2D eigenvalue weighted by Crippen LogP contribution is 2.34. The zero-order valence-electron chi connectivity index (χ0n) is 19.6. The molecule has 0 aliphatic carbocycles. The minimum Gasteiger partial charge on any atom is -0.444 e. The van der Waals surface area contributed by atoms with Crippen LogP contribution < -0.4 is 15.5 Å². The largest absolute Gasteiger partial charge is 0.444 e. The van der Waals surface area contributed by atoms with Crippen LogP contribution in [0.1, 0.15) is 59.2 Å². The molecule has 4 rings (SSSR count). The van der Waals surface area contributed by atoms with E-state index < -0.39 is 5.60 Å². The van der Waals surface area contributed by atoms with Crippen molar-refractivity contribution >= 4 is 29.1 Å². The number of nitrogens with one attached hydrogen (secondary N) is 2. The molecule has 32 heavy (non-hydrogen) atoms. The van der Waals surface area contributed by atoms with Gasteiger partial charge >= 0.3 is 6.09 Å². The maximum absolute atomic E-state index is 12.3. The van der Waals surface area contributed by atoms with Crippen molar-refractivity contribution in [1.82, 2.24) is 19.9 Å². The smallest absolute Gasteiger partial charge is 0.410 e. The van der Waals surface area contributed by atoms with E-state index in [4.69, 9.17) is 9.72 Å². The molecule has 172 valence electrons. The highest BCUT2D eigenvalue weighted by Gasteiger charge is 2.29. The van der Waals surface area contributed by atoms with E-state index in [1.165, 1.54) is 0 Å². The average molecular weight is 440 g/mol. The molecule has 0 spiro atoms. The van der Waals surface area contributed by atoms with Gasteiger partial charge in [0.15, 0.2) is 0 Å². The monoisotopic (exact) mass is 439 g/mol. The van der Waals surface area contributed by atoms with Crippen LogP contribution in [0.2, 0.25) is 0 Å². The van der Waals surface area contributed by atoms with Gasteiger partial charge in [0.05, 0.1) is 24.2 Å². The molecule has 2 N–H and O–H groups in total. The first-order chi connectivity index (χ1) is 15.2. The van der Waals surface area contributed by atoms with Gasteiger partial charge in [-0.1, -0.05) is 0 Å². The van der Waals surface area contributed by atoms with E-state index in [0.29, 0.717) is 19.1 Å². The molecule has 2 aromatic heterocycles. The summed E-state index contributed by atoms with van der Waals surface area (Å²) in [6, 6.07) is 4.31. The maximum atomic E-state index is 12.3. The predicted octanol–water partition coefficient (Wildman–Crippen LogP) is 4.33. The van der Waals surface area contributed by atoms with E-state index >= 15 is 0 Å². The SMILES string of the molecule is CC(C)N1CNc2cnc(Nc3ccnc(C4CCN(C(=O)OC(C)(C)C)CC4)n3)cc21. The molecule has 0 unspecified atom stereocenters. The fourth-order valence-corrected chi connectivity index (χ4v) is 4.02. The van der Waals surface area contributed by atoms with E-state index in [1.807, 2.05) is 33.0 Å². The highest BCUT2D eigenvalue weighted by molar-refractivity contribution is 5.77. The van der Waals surface area contributed by atoms with Crippen LogP contribution in [0.15, 0.2) is 24.5 Å². The Morgan fingerprint density at radius 2 is 1.97 bits per heavy atom. The van der Waals surface area contributed by atoms with Crippen molar-refractivity contribution < 1.29 is 9.53 Å². The van der Waals surface area contributed by atoms with Crippen LogP contribution in [0, 0.1) is 0 Å². The summed E-state index contributed by atoms with van der Waals surface area (Å²) >= 11 is 0. The van der Waals surface area contributed by atoms with Crippen molar-refractivity contribution in [3.05, 3.63) is 30.4 Å². The molecular weight excluding hydrogens is 406 g/mol. The lowest BCUT2D eigenvalue weighted by atomic mass is 9.96. The van der Waals surface area contributed by atoms with Crippen LogP contribution in [0.5, 0.6) is 0 Å². The lowest BCUT2D eigenvalue weighted by molar-refractivity contribution is 0.0203. The van der Waals surface area contributed by atoms with E-state index in [9.17, 15) is 4.79 Å². The molecule has 1 amide bonds. The summed E-state index contributed by atoms with van der Waals surface area (Å²) in [5.74, 6) is 2.48. The van der Waals surface area contributed by atoms with Gasteiger partial charge < -0.3 is 25.2 Å². The minimum atomic E-state index is -0.481. The zero-order chi connectivity index (χ0) is 22.9. The van der Waals surface area contributed by atoms with Gasteiger partial charge in [-0.2, -0.15) is 0 Å². The molecule has 0 aromatic carbocycles. The number of carbonyl (C=O) groups excluding carboxylic acids is 1. The third kappa shape index (κ3) is 5.03. The van der Waals surface area contributed by atoms with Gasteiger partial charge in [-0.3, -0.25) is 0 Å². The fraction of sp³-hybridized carbons (Fsp3) is 0.565. The van der Waals surface area contributed by atoms with Crippen LogP contribution in [-0.4, -0.2) is 57.3 Å². The molecule has 4 heterocycles. The van der Waals surface area contributed by atoms with Crippen molar-refractivity contribution in [3.63, 3.8) is 0 Å². The molecule has 2 aromatic rings. The number of amides is 1. The molecule has 0 radical (unpaired) electrons. The summed E-state index contributed by atoms with van der Waals surface area (Å²) in [7, 11) is 0. The fourth-order valence-electron chi connectivity index (χ4n) is 4.02. The Bertz CT molecular complexity index is 965. The van der Waals surface area contributed by atoms with Crippen LogP contribution in [0.25, 0.3) is 0 Å². The van der Waals surface area contributed by atoms with Gasteiger partial charge in [0.2, 0.25) is 0 Å². The van der Waals surface area contributed by atoms with Crippen LogP contribution >= 0.6 is 0 Å². The molecule has 2 aliphatic rings. The van der Waals surface area contributed by atoms with E-state index in [0.717, 1.165) is 48.3 Å². The Hall–Kier alpha value is -3.10. The molecule has 0 atom stereocenters. The Kier molecular flexibility index (Phi) is 6.08. The molecule has 0 saturated carbocycles. The number of pyridine rings is 1. The van der Waals surface area contributed by atoms with Gasteiger partial charge in [-0.15, -0.1) is 0 Å². The number of nitrogens with zero attached hydrogens (tertiary/aromatic N) is 5. The second-order valence-electron chi connectivity index (χ2n) is 9.65. The third-order valence-corrected chi connectivity index (χ3v) is 5.70. The molecule has 9 heteroatoms. The van der Waals surface area contributed by atoms with Crippen LogP contribution in [-0.2, 0) is 4.74 Å². The summed E-state index contributed by atoms with van der Waals surface area (Å²) in [6.07, 6.45) is 5.01. The summed E-state index contributed by atoms with van der Waals surface area (Å²) in [6.45, 7) is 12.1. The topological polar surface area (TPSA) is 95.5 Å². The first kappa shape index (κ1) is 22.1. The Morgan fingerprint density at radius 3 is 2.66 bits per heavy atom. The Balaban J connectivity index is 1.40. The maximum Gasteiger partial charge on any atom is 0.410 e. The van der Waals surface area contributed by atoms with Crippen molar-refractivity contribution in [2.45, 2.75) is 65.0 Å². The average Bonchev–Trinajstić information content (AvgIpc) is 3.16. The minimum absolute atomic E-state index is 0.212. The first-order valence-corrected chi connectivity index (χ1v) is 11.3. The van der Waals surface area contributed by atoms with E-state index in [-0.39, 0.29) is 12.0 Å². The summed E-state index contributed by atoms with van der Waals surface area (Å²) in [4.78, 5) is 30.1. The zero-order valence-corrected chi connectivity index (χ0v) is 19.6. The number of likely N-dealkylation sites (tertiary alicyclic amines) is 1. The molecule has 9 nitrogen and oxygen atoms in total. The lowest BCUT2D eigenvalue weighted by Gasteiger charge is -2.32. The Labute approximate surface area is 189 Å². The second-order valence-corrected chi connectivity index (χ2v) is 9.65. The number of piperidine rings is 1. The number of ether oxygens (including phenoxy) is 1. The van der Waals surface area contributed by atoms with Gasteiger partial charge in [0.1, 0.15) is 23.1 Å². The van der Waals surface area contributed by atoms with Crippen LogP contribution in [0.3, 0.4) is 0 Å². The van der Waals surface area contributed by atoms with E-state index in [2.05, 4.69) is 45.4 Å². The summed E-state index contributed by atoms with van der Waals surface area (Å²) in [5, 5.41) is 6.70. The molecule has 1 fully saturated rings. The highest BCUT2D eigenvalue weighted by atomic mass is 16.6. The van der Waals surface area contributed by atoms with Crippen molar-refractivity contribution in [1.29, 1.82) is 0 Å². The number of hydrogen-bond donors (Lipinski definition) is 2. The number of aromatic nitrogens is 3. The van der Waals surface area contributed by atoms with Gasteiger partial charge in [-0.25, -0.2) is 19.7 Å². The normalized spacial score (nSPS) is 16.7.